The van der Waals surface area contributed by atoms with Gasteiger partial charge in [-0.3, -0.25) is 0 Å². The van der Waals surface area contributed by atoms with Crippen LogP contribution in [0.3, 0.4) is 0 Å². The van der Waals surface area contributed by atoms with Crippen molar-refractivity contribution in [3.8, 4) is 0 Å². The average molecular weight is 451 g/mol. The van der Waals surface area contributed by atoms with Gasteiger partial charge in [-0.25, -0.2) is 15.0 Å². The van der Waals surface area contributed by atoms with Gasteiger partial charge in [-0.1, -0.05) is 0 Å². The lowest BCUT2D eigenvalue weighted by molar-refractivity contribution is -0.200. The Morgan fingerprint density at radius 1 is 1.22 bits per heavy atom. The number of nitrogens with zero attached hydrogens (tertiary/aromatic N) is 6. The van der Waals surface area contributed by atoms with Crippen LogP contribution in [-0.2, 0) is 6.61 Å². The Morgan fingerprint density at radius 3 is 2.69 bits per heavy atom. The van der Waals surface area contributed by atoms with Gasteiger partial charge in [0, 0.05) is 31.4 Å². The highest BCUT2D eigenvalue weighted by atomic mass is 19.4. The van der Waals surface area contributed by atoms with Gasteiger partial charge in [-0.2, -0.15) is 18.2 Å². The van der Waals surface area contributed by atoms with Crippen molar-refractivity contribution in [3.63, 3.8) is 0 Å². The second kappa shape index (κ2) is 8.51. The summed E-state index contributed by atoms with van der Waals surface area (Å²) in [5, 5.41) is 22.4. The largest absolute Gasteiger partial charge is 0.395 e. The van der Waals surface area contributed by atoms with Gasteiger partial charge in [0.25, 0.3) is 0 Å². The lowest BCUT2D eigenvalue weighted by Crippen LogP contribution is -2.49. The van der Waals surface area contributed by atoms with Crippen molar-refractivity contribution in [2.75, 3.05) is 23.3 Å². The van der Waals surface area contributed by atoms with Gasteiger partial charge in [0.15, 0.2) is 0 Å². The van der Waals surface area contributed by atoms with Crippen LogP contribution >= 0.6 is 0 Å². The van der Waals surface area contributed by atoms with E-state index in [4.69, 9.17) is 0 Å². The van der Waals surface area contributed by atoms with Crippen LogP contribution < -0.4 is 10.2 Å². The summed E-state index contributed by atoms with van der Waals surface area (Å²) < 4.78 is 41.6. The van der Waals surface area contributed by atoms with Gasteiger partial charge in [0.1, 0.15) is 29.6 Å². The van der Waals surface area contributed by atoms with Crippen molar-refractivity contribution < 1.29 is 23.4 Å². The van der Waals surface area contributed by atoms with Crippen LogP contribution in [0.5, 0.6) is 0 Å². The van der Waals surface area contributed by atoms with Crippen molar-refractivity contribution in [1.29, 1.82) is 0 Å². The Morgan fingerprint density at radius 2 is 2.00 bits per heavy atom. The Balaban J connectivity index is 1.58. The molecule has 3 aromatic rings. The fourth-order valence-electron chi connectivity index (χ4n) is 3.95. The molecule has 12 heteroatoms. The minimum atomic E-state index is -4.50. The first-order valence-electron chi connectivity index (χ1n) is 10.2. The number of imidazole rings is 1. The number of aliphatic hydroxyl groups is 2. The minimum absolute atomic E-state index is 0.0181. The molecule has 0 radical (unpaired) electrons. The highest BCUT2D eigenvalue weighted by molar-refractivity contribution is 5.79. The Hall–Kier alpha value is -2.99. The van der Waals surface area contributed by atoms with Crippen LogP contribution in [-0.4, -0.2) is 60.1 Å². The molecule has 0 bridgehead atoms. The van der Waals surface area contributed by atoms with Gasteiger partial charge in [-0.15, -0.1) is 0 Å². The lowest BCUT2D eigenvalue weighted by Gasteiger charge is -2.37. The average Bonchev–Trinajstić information content (AvgIpc) is 3.11. The third-order valence-electron chi connectivity index (χ3n) is 5.49. The molecule has 4 rings (SSSR count). The van der Waals surface area contributed by atoms with E-state index < -0.39 is 24.7 Å². The third-order valence-corrected chi connectivity index (χ3v) is 5.49. The molecule has 4 heterocycles. The fraction of sp³-hybridized carbons (Fsp3) is 0.500. The van der Waals surface area contributed by atoms with Crippen LogP contribution in [0.2, 0.25) is 0 Å². The number of pyridine rings is 1. The molecule has 0 amide bonds. The van der Waals surface area contributed by atoms with Crippen LogP contribution in [0.4, 0.5) is 30.8 Å². The third kappa shape index (κ3) is 4.32. The van der Waals surface area contributed by atoms with Gasteiger partial charge < -0.3 is 25.0 Å². The smallest absolute Gasteiger partial charge is 0.392 e. The summed E-state index contributed by atoms with van der Waals surface area (Å²) in [6.45, 7) is 3.58. The highest BCUT2D eigenvalue weighted by Crippen LogP contribution is 2.34. The van der Waals surface area contributed by atoms with Crippen molar-refractivity contribution >= 4 is 28.6 Å². The lowest BCUT2D eigenvalue weighted by atomic mass is 9.94. The summed E-state index contributed by atoms with van der Waals surface area (Å²) >= 11 is 0. The number of rotatable bonds is 5. The zero-order valence-corrected chi connectivity index (χ0v) is 17.6. The quantitative estimate of drug-likeness (QED) is 0.543. The molecule has 0 unspecified atom stereocenters. The van der Waals surface area contributed by atoms with Gasteiger partial charge in [0.2, 0.25) is 5.95 Å². The van der Waals surface area contributed by atoms with E-state index in [1.165, 1.54) is 11.1 Å². The summed E-state index contributed by atoms with van der Waals surface area (Å²) in [5.41, 5.74) is 1.43. The molecular formula is C20H24F3N7O2. The van der Waals surface area contributed by atoms with E-state index in [2.05, 4.69) is 25.3 Å². The Kier molecular flexibility index (Phi) is 5.91. The van der Waals surface area contributed by atoms with Crippen molar-refractivity contribution in [3.05, 3.63) is 30.4 Å². The predicted octanol–water partition coefficient (Wildman–Crippen LogP) is 2.79. The number of hydrogen-bond acceptors (Lipinski definition) is 8. The maximum absolute atomic E-state index is 13.2. The molecule has 1 aliphatic heterocycles. The Bertz CT molecular complexity index is 1100. The molecule has 3 N–H and O–H groups in total. The first-order valence-corrected chi connectivity index (χ1v) is 10.2. The molecule has 2 atom stereocenters. The van der Waals surface area contributed by atoms with Gasteiger partial charge in [0.05, 0.1) is 23.7 Å². The standard InChI is InChI=1S/C20H24F3N7O2/c1-11(2)30-14-7-17(25-8-13(14)26-18(30)10-31)27-16-3-5-24-19(28-16)29-6-4-15(32)12(9-29)20(21,22)23/h3,5,7-8,11-12,15,31-32H,4,6,9-10H2,1-2H3,(H,24,25,27,28)/t12-,15-/m1/s1. The van der Waals surface area contributed by atoms with E-state index in [1.54, 1.807) is 18.3 Å². The number of alkyl halides is 3. The normalized spacial score (nSPS) is 19.7. The number of nitrogens with one attached hydrogen (secondary N) is 1. The van der Waals surface area contributed by atoms with E-state index in [0.29, 0.717) is 23.0 Å². The molecule has 0 aromatic carbocycles. The molecule has 32 heavy (non-hydrogen) atoms. The molecule has 9 nitrogen and oxygen atoms in total. The maximum atomic E-state index is 13.2. The van der Waals surface area contributed by atoms with Gasteiger partial charge >= 0.3 is 6.18 Å². The zero-order chi connectivity index (χ0) is 23.0. The van der Waals surface area contributed by atoms with E-state index in [9.17, 15) is 23.4 Å². The SMILES string of the molecule is CC(C)n1c(CO)nc2cnc(Nc3ccnc(N4CC[C@@H](O)[C@H](C(F)(F)F)C4)n3)cc21. The van der Waals surface area contributed by atoms with E-state index >= 15 is 0 Å². The number of anilines is 3. The number of aromatic nitrogens is 5. The van der Waals surface area contributed by atoms with Crippen molar-refractivity contribution in [2.45, 2.75) is 45.2 Å². The summed E-state index contributed by atoms with van der Waals surface area (Å²) in [7, 11) is 0. The topological polar surface area (TPSA) is 112 Å². The Labute approximate surface area is 182 Å². The molecule has 0 spiro atoms. The van der Waals surface area contributed by atoms with Gasteiger partial charge in [-0.05, 0) is 26.3 Å². The molecule has 1 fully saturated rings. The maximum Gasteiger partial charge on any atom is 0.395 e. The molecular weight excluding hydrogens is 427 g/mol. The number of halogens is 3. The van der Waals surface area contributed by atoms with Crippen LogP contribution in [0, 0.1) is 5.92 Å². The van der Waals surface area contributed by atoms with Crippen LogP contribution in [0.25, 0.3) is 11.0 Å². The van der Waals surface area contributed by atoms with Crippen LogP contribution in [0.1, 0.15) is 32.1 Å². The summed E-state index contributed by atoms with van der Waals surface area (Å²) in [6.07, 6.45) is -2.91. The summed E-state index contributed by atoms with van der Waals surface area (Å²) in [5.74, 6) is -0.334. The monoisotopic (exact) mass is 451 g/mol. The molecule has 1 aliphatic rings. The fourth-order valence-corrected chi connectivity index (χ4v) is 3.95. The highest BCUT2D eigenvalue weighted by Gasteiger charge is 2.47. The van der Waals surface area contributed by atoms with Crippen molar-refractivity contribution in [2.24, 2.45) is 5.92 Å². The van der Waals surface area contributed by atoms with Crippen molar-refractivity contribution in [1.82, 2.24) is 24.5 Å². The summed E-state index contributed by atoms with van der Waals surface area (Å²) in [4.78, 5) is 18.6. The predicted molar refractivity (Wildman–Crippen MR) is 112 cm³/mol. The number of hydrogen-bond donors (Lipinski definition) is 3. The van der Waals surface area contributed by atoms with Crippen LogP contribution in [0.15, 0.2) is 24.5 Å². The number of aliphatic hydroxyl groups excluding tert-OH is 2. The second-order valence-corrected chi connectivity index (χ2v) is 8.03. The molecule has 0 saturated carbocycles. The first-order chi connectivity index (χ1) is 15.2. The van der Waals surface area contributed by atoms with E-state index in [0.717, 1.165) is 5.52 Å². The van der Waals surface area contributed by atoms with E-state index in [1.807, 2.05) is 18.4 Å². The molecule has 172 valence electrons. The number of piperidine rings is 1. The molecule has 3 aromatic heterocycles. The molecule has 0 aliphatic carbocycles. The minimum Gasteiger partial charge on any atom is -0.392 e. The zero-order valence-electron chi connectivity index (χ0n) is 17.6. The second-order valence-electron chi connectivity index (χ2n) is 8.03. The first kappa shape index (κ1) is 22.2. The van der Waals surface area contributed by atoms with E-state index in [-0.39, 0.29) is 31.6 Å². The summed E-state index contributed by atoms with van der Waals surface area (Å²) in [6, 6.07) is 3.44. The molecule has 1 saturated heterocycles. The number of fused-ring (bicyclic) bond motifs is 1.